The van der Waals surface area contributed by atoms with Crippen LogP contribution in [0, 0.1) is 0 Å². The fourth-order valence-electron chi connectivity index (χ4n) is 5.95. The Morgan fingerprint density at radius 1 is 0.385 bits per heavy atom. The molecule has 1 aliphatic carbocycles. The first-order valence-electron chi connectivity index (χ1n) is 13.3. The maximum absolute atomic E-state index is 6.52. The molecule has 7 rings (SSSR count). The van der Waals surface area contributed by atoms with Gasteiger partial charge in [-0.2, -0.15) is 0 Å². The molecule has 0 amide bonds. The second kappa shape index (κ2) is 9.34. The highest BCUT2D eigenvalue weighted by Crippen LogP contribution is 2.47. The summed E-state index contributed by atoms with van der Waals surface area (Å²) >= 11 is 0. The van der Waals surface area contributed by atoms with Crippen LogP contribution in [-0.2, 0) is 6.42 Å². The van der Waals surface area contributed by atoms with Crippen molar-refractivity contribution in [1.29, 1.82) is 0 Å². The van der Waals surface area contributed by atoms with Crippen molar-refractivity contribution in [2.45, 2.75) is 6.42 Å². The zero-order valence-electron chi connectivity index (χ0n) is 21.6. The van der Waals surface area contributed by atoms with Gasteiger partial charge in [-0.1, -0.05) is 109 Å². The van der Waals surface area contributed by atoms with Crippen molar-refractivity contribution in [2.24, 2.45) is 0 Å². The van der Waals surface area contributed by atoms with Crippen LogP contribution in [0.3, 0.4) is 0 Å². The maximum Gasteiger partial charge on any atom is 0.0394 e. The van der Waals surface area contributed by atoms with Crippen LogP contribution in [0.15, 0.2) is 133 Å². The molecule has 0 atom stereocenters. The first kappa shape index (κ1) is 23.1. The lowest BCUT2D eigenvalue weighted by atomic mass is 9.85. The van der Waals surface area contributed by atoms with E-state index in [9.17, 15) is 0 Å². The number of benzene rings is 6. The maximum atomic E-state index is 6.52. The summed E-state index contributed by atoms with van der Waals surface area (Å²) in [4.78, 5) is 0. The second-order valence-corrected chi connectivity index (χ2v) is 10.2. The van der Waals surface area contributed by atoms with Crippen LogP contribution in [0.25, 0.3) is 55.6 Å². The van der Waals surface area contributed by atoms with E-state index in [0.717, 1.165) is 45.6 Å². The Kier molecular flexibility index (Phi) is 5.53. The fraction of sp³-hybridized carbons (Fsp3) is 0.0270. The lowest BCUT2D eigenvalue weighted by Crippen LogP contribution is -1.97. The van der Waals surface area contributed by atoms with Crippen LogP contribution >= 0.6 is 0 Å². The third-order valence-electron chi connectivity index (χ3n) is 7.86. The molecule has 0 spiro atoms. The molecular weight excluding hydrogens is 472 g/mol. The van der Waals surface area contributed by atoms with E-state index in [1.165, 1.54) is 38.9 Å². The van der Waals surface area contributed by atoms with Gasteiger partial charge in [-0.25, -0.2) is 0 Å². The zero-order valence-corrected chi connectivity index (χ0v) is 21.6. The lowest BCUT2D eigenvalue weighted by Gasteiger charge is -2.19. The summed E-state index contributed by atoms with van der Waals surface area (Å²) in [6.45, 7) is 0. The highest BCUT2D eigenvalue weighted by Gasteiger charge is 2.25. The molecule has 4 N–H and O–H groups in total. The van der Waals surface area contributed by atoms with Gasteiger partial charge in [0.2, 0.25) is 0 Å². The Labute approximate surface area is 229 Å². The smallest absolute Gasteiger partial charge is 0.0394 e. The Hall–Kier alpha value is -5.08. The highest BCUT2D eigenvalue weighted by atomic mass is 14.6. The molecule has 1 aliphatic rings. The standard InChI is InChI=1S/C37H28N2/c38-35-19-15-27(21-32(35)24-9-3-1-4-10-24)30-17-18-31-29-14-8-7-13-26(29)22-34(31)37(30)28-16-20-36(39)33(23-28)25-11-5-2-6-12-25/h1-21,23H,22,38-39H2. The number of hydrogen-bond donors (Lipinski definition) is 2. The van der Waals surface area contributed by atoms with Gasteiger partial charge in [0.1, 0.15) is 0 Å². The summed E-state index contributed by atoms with van der Waals surface area (Å²) in [5.74, 6) is 0. The van der Waals surface area contributed by atoms with E-state index in [1.54, 1.807) is 0 Å². The molecule has 2 heteroatoms. The molecule has 186 valence electrons. The number of fused-ring (bicyclic) bond motifs is 3. The van der Waals surface area contributed by atoms with Crippen molar-refractivity contribution in [3.63, 3.8) is 0 Å². The average molecular weight is 501 g/mol. The third kappa shape index (κ3) is 3.98. The third-order valence-corrected chi connectivity index (χ3v) is 7.86. The summed E-state index contributed by atoms with van der Waals surface area (Å²) in [5, 5.41) is 0. The SMILES string of the molecule is Nc1ccc(-c2ccc3c(c2-c2ccc(N)c(-c4ccccc4)c2)Cc2ccccc2-3)cc1-c1ccccc1. The monoisotopic (exact) mass is 500 g/mol. The van der Waals surface area contributed by atoms with Crippen molar-refractivity contribution >= 4 is 11.4 Å². The van der Waals surface area contributed by atoms with Crippen molar-refractivity contribution in [3.8, 4) is 55.6 Å². The van der Waals surface area contributed by atoms with Crippen LogP contribution in [0.5, 0.6) is 0 Å². The topological polar surface area (TPSA) is 52.0 Å². The normalized spacial score (nSPS) is 11.7. The second-order valence-electron chi connectivity index (χ2n) is 10.2. The molecule has 6 aromatic carbocycles. The summed E-state index contributed by atoms with van der Waals surface area (Å²) < 4.78 is 0. The first-order valence-corrected chi connectivity index (χ1v) is 13.3. The minimum absolute atomic E-state index is 0.777. The van der Waals surface area contributed by atoms with Gasteiger partial charge in [-0.3, -0.25) is 0 Å². The van der Waals surface area contributed by atoms with Crippen molar-refractivity contribution in [3.05, 3.63) is 145 Å². The zero-order chi connectivity index (χ0) is 26.3. The van der Waals surface area contributed by atoms with Crippen LogP contribution in [0.4, 0.5) is 11.4 Å². The number of nitrogen functional groups attached to an aromatic ring is 2. The van der Waals surface area contributed by atoms with Gasteiger partial charge in [-0.05, 0) is 86.3 Å². The van der Waals surface area contributed by atoms with Crippen molar-refractivity contribution < 1.29 is 0 Å². The molecule has 0 saturated heterocycles. The van der Waals surface area contributed by atoms with Gasteiger partial charge in [0.15, 0.2) is 0 Å². The van der Waals surface area contributed by atoms with E-state index < -0.39 is 0 Å². The average Bonchev–Trinajstić information content (AvgIpc) is 3.37. The molecule has 6 aromatic rings. The predicted octanol–water partition coefficient (Wildman–Crippen LogP) is 9.09. The van der Waals surface area contributed by atoms with Crippen LogP contribution in [0.1, 0.15) is 11.1 Å². The first-order chi connectivity index (χ1) is 19.2. The largest absolute Gasteiger partial charge is 0.398 e. The molecule has 0 saturated carbocycles. The predicted molar refractivity (Wildman–Crippen MR) is 165 cm³/mol. The van der Waals surface area contributed by atoms with E-state index in [0.29, 0.717) is 0 Å². The van der Waals surface area contributed by atoms with Crippen LogP contribution in [-0.4, -0.2) is 0 Å². The lowest BCUT2D eigenvalue weighted by molar-refractivity contribution is 1.26. The van der Waals surface area contributed by atoms with Gasteiger partial charge >= 0.3 is 0 Å². The Morgan fingerprint density at radius 2 is 0.923 bits per heavy atom. The van der Waals surface area contributed by atoms with Gasteiger partial charge in [-0.15, -0.1) is 0 Å². The Bertz CT molecular complexity index is 1840. The number of rotatable bonds is 4. The van der Waals surface area contributed by atoms with Gasteiger partial charge in [0, 0.05) is 22.5 Å². The molecule has 0 aliphatic heterocycles. The van der Waals surface area contributed by atoms with Crippen LogP contribution < -0.4 is 11.5 Å². The quantitative estimate of drug-likeness (QED) is 0.237. The van der Waals surface area contributed by atoms with Gasteiger partial charge in [0.25, 0.3) is 0 Å². The summed E-state index contributed by atoms with van der Waals surface area (Å²) in [5.41, 5.74) is 29.0. The minimum Gasteiger partial charge on any atom is -0.398 e. The number of hydrogen-bond acceptors (Lipinski definition) is 2. The number of nitrogens with two attached hydrogens (primary N) is 2. The van der Waals surface area contributed by atoms with E-state index in [-0.39, 0.29) is 0 Å². The fourth-order valence-corrected chi connectivity index (χ4v) is 5.95. The summed E-state index contributed by atoms with van der Waals surface area (Å²) in [6, 6.07) is 46.9. The van der Waals surface area contributed by atoms with E-state index in [4.69, 9.17) is 11.5 Å². The van der Waals surface area contributed by atoms with Gasteiger partial charge < -0.3 is 11.5 Å². The summed E-state index contributed by atoms with van der Waals surface area (Å²) in [7, 11) is 0. The molecular formula is C37H28N2. The minimum atomic E-state index is 0.777. The molecule has 0 fully saturated rings. The Balaban J connectivity index is 1.48. The highest BCUT2D eigenvalue weighted by molar-refractivity contribution is 5.96. The van der Waals surface area contributed by atoms with Crippen molar-refractivity contribution in [2.75, 3.05) is 11.5 Å². The molecule has 0 radical (unpaired) electrons. The van der Waals surface area contributed by atoms with Crippen LogP contribution in [0.2, 0.25) is 0 Å². The molecule has 0 heterocycles. The molecule has 0 unspecified atom stereocenters. The van der Waals surface area contributed by atoms with E-state index >= 15 is 0 Å². The molecule has 0 aromatic heterocycles. The Morgan fingerprint density at radius 3 is 1.59 bits per heavy atom. The number of anilines is 2. The van der Waals surface area contributed by atoms with Gasteiger partial charge in [0.05, 0.1) is 0 Å². The molecule has 2 nitrogen and oxygen atoms in total. The summed E-state index contributed by atoms with van der Waals surface area (Å²) in [6.07, 6.45) is 0.903. The van der Waals surface area contributed by atoms with E-state index in [1.807, 2.05) is 24.3 Å². The van der Waals surface area contributed by atoms with E-state index in [2.05, 4.69) is 109 Å². The molecule has 39 heavy (non-hydrogen) atoms. The van der Waals surface area contributed by atoms with Crippen molar-refractivity contribution in [1.82, 2.24) is 0 Å². The molecule has 0 bridgehead atoms.